The van der Waals surface area contributed by atoms with Crippen LogP contribution in [0.4, 0.5) is 16.2 Å². The molecule has 0 aliphatic carbocycles. The van der Waals surface area contributed by atoms with Crippen molar-refractivity contribution in [2.24, 2.45) is 0 Å². The average Bonchev–Trinajstić information content (AvgIpc) is 3.11. The van der Waals surface area contributed by atoms with Crippen LogP contribution in [0.1, 0.15) is 11.7 Å². The van der Waals surface area contributed by atoms with Gasteiger partial charge in [-0.15, -0.1) is 0 Å². The predicted molar refractivity (Wildman–Crippen MR) is 116 cm³/mol. The molecule has 0 saturated carbocycles. The van der Waals surface area contributed by atoms with Gasteiger partial charge in [0.2, 0.25) is 0 Å². The van der Waals surface area contributed by atoms with Crippen molar-refractivity contribution in [2.45, 2.75) is 6.17 Å². The molecule has 4 aromatic rings. The van der Waals surface area contributed by atoms with Crippen molar-refractivity contribution in [3.05, 3.63) is 108 Å². The van der Waals surface area contributed by atoms with Crippen molar-refractivity contribution in [3.63, 3.8) is 0 Å². The Kier molecular flexibility index (Phi) is 4.34. The van der Waals surface area contributed by atoms with E-state index in [9.17, 15) is 4.79 Å². The summed E-state index contributed by atoms with van der Waals surface area (Å²) in [6.45, 7) is 0. The fourth-order valence-electron chi connectivity index (χ4n) is 3.74. The minimum atomic E-state index is -0.461. The van der Waals surface area contributed by atoms with Crippen LogP contribution in [0.5, 0.6) is 0 Å². The van der Waals surface area contributed by atoms with Crippen LogP contribution in [-0.2, 0) is 4.84 Å². The second-order valence-corrected chi connectivity index (χ2v) is 7.24. The highest BCUT2D eigenvalue weighted by Crippen LogP contribution is 2.41. The summed E-state index contributed by atoms with van der Waals surface area (Å²) in [4.78, 5) is 20.4. The molecule has 0 spiro atoms. The maximum Gasteiger partial charge on any atom is 0.440 e. The Balaban J connectivity index is 1.72. The monoisotopic (exact) mass is 400 g/mol. The molecule has 29 heavy (non-hydrogen) atoms. The fraction of sp³-hybridized carbons (Fsp3) is 0.0417. The van der Waals surface area contributed by atoms with Crippen LogP contribution in [0.2, 0.25) is 5.02 Å². The van der Waals surface area contributed by atoms with E-state index in [0.717, 1.165) is 27.7 Å². The van der Waals surface area contributed by atoms with E-state index in [1.54, 1.807) is 22.1 Å². The first-order chi connectivity index (χ1) is 14.2. The first-order valence-electron chi connectivity index (χ1n) is 9.31. The lowest BCUT2D eigenvalue weighted by molar-refractivity contribution is 0.164. The van der Waals surface area contributed by atoms with Gasteiger partial charge in [0.25, 0.3) is 0 Å². The Hall–Kier alpha value is -3.50. The van der Waals surface area contributed by atoms with Gasteiger partial charge >= 0.3 is 6.09 Å². The van der Waals surface area contributed by atoms with E-state index in [0.29, 0.717) is 5.02 Å². The standard InChI is InChI=1S/C24H17ClN2O2/c25-18-13-15-19(16-14-18)26-23(22-12-6-8-17-7-4-5-11-21(17)22)27(29-24(26)28)20-9-2-1-3-10-20/h1-16,23H/t23-/m1/s1. The Morgan fingerprint density at radius 1 is 0.724 bits per heavy atom. The number of amides is 1. The van der Waals surface area contributed by atoms with Crippen LogP contribution in [0.25, 0.3) is 10.8 Å². The minimum Gasteiger partial charge on any atom is -0.319 e. The van der Waals surface area contributed by atoms with Gasteiger partial charge in [-0.05, 0) is 47.2 Å². The molecule has 5 rings (SSSR count). The zero-order valence-electron chi connectivity index (χ0n) is 15.4. The highest BCUT2D eigenvalue weighted by Gasteiger charge is 2.43. The third-order valence-corrected chi connectivity index (χ3v) is 5.31. The molecule has 1 heterocycles. The highest BCUT2D eigenvalue weighted by atomic mass is 35.5. The Labute approximate surface area is 173 Å². The molecule has 1 saturated heterocycles. The van der Waals surface area contributed by atoms with Crippen molar-refractivity contribution in [1.29, 1.82) is 0 Å². The van der Waals surface area contributed by atoms with Gasteiger partial charge in [0.05, 0.1) is 5.69 Å². The number of benzene rings is 4. The van der Waals surface area contributed by atoms with Crippen molar-refractivity contribution in [2.75, 3.05) is 9.96 Å². The molecular formula is C24H17ClN2O2. The number of carbonyl (C=O) groups is 1. The third-order valence-electron chi connectivity index (χ3n) is 5.06. The summed E-state index contributed by atoms with van der Waals surface area (Å²) in [6.07, 6.45) is -0.897. The second kappa shape index (κ2) is 7.15. The summed E-state index contributed by atoms with van der Waals surface area (Å²) in [5.41, 5.74) is 2.50. The van der Waals surface area contributed by atoms with Gasteiger partial charge in [0.15, 0.2) is 6.17 Å². The fourth-order valence-corrected chi connectivity index (χ4v) is 3.87. The topological polar surface area (TPSA) is 32.8 Å². The summed E-state index contributed by atoms with van der Waals surface area (Å²) in [5.74, 6) is 0. The predicted octanol–water partition coefficient (Wildman–Crippen LogP) is 6.57. The normalized spacial score (nSPS) is 16.3. The molecule has 0 radical (unpaired) electrons. The van der Waals surface area contributed by atoms with Crippen LogP contribution in [0.3, 0.4) is 0 Å². The van der Waals surface area contributed by atoms with Gasteiger partial charge in [-0.3, -0.25) is 0 Å². The number of hydroxylamine groups is 1. The first-order valence-corrected chi connectivity index (χ1v) is 9.69. The maximum atomic E-state index is 13.0. The maximum absolute atomic E-state index is 13.0. The molecule has 1 amide bonds. The van der Waals surface area contributed by atoms with E-state index in [-0.39, 0.29) is 0 Å². The third kappa shape index (κ3) is 3.08. The molecule has 142 valence electrons. The summed E-state index contributed by atoms with van der Waals surface area (Å²) in [6, 6.07) is 31.1. The van der Waals surface area contributed by atoms with Gasteiger partial charge in [-0.2, -0.15) is 5.06 Å². The molecule has 1 aliphatic rings. The molecule has 1 atom stereocenters. The first kappa shape index (κ1) is 17.6. The summed E-state index contributed by atoms with van der Waals surface area (Å²) in [7, 11) is 0. The summed E-state index contributed by atoms with van der Waals surface area (Å²) < 4.78 is 0. The largest absolute Gasteiger partial charge is 0.440 e. The number of hydrogen-bond donors (Lipinski definition) is 0. The number of halogens is 1. The number of carbonyl (C=O) groups excluding carboxylic acids is 1. The van der Waals surface area contributed by atoms with E-state index in [1.807, 2.05) is 66.7 Å². The SMILES string of the molecule is O=C1ON(c2ccccc2)[C@H](c2cccc3ccccc23)N1c1ccc(Cl)cc1. The van der Waals surface area contributed by atoms with Crippen molar-refractivity contribution < 1.29 is 9.63 Å². The molecule has 1 fully saturated rings. The molecule has 5 heteroatoms. The highest BCUT2D eigenvalue weighted by molar-refractivity contribution is 6.30. The molecule has 0 aromatic heterocycles. The molecule has 4 nitrogen and oxygen atoms in total. The van der Waals surface area contributed by atoms with Crippen LogP contribution < -0.4 is 9.96 Å². The van der Waals surface area contributed by atoms with Gasteiger partial charge < -0.3 is 4.84 Å². The van der Waals surface area contributed by atoms with Crippen molar-refractivity contribution >= 4 is 39.8 Å². The Morgan fingerprint density at radius 3 is 2.21 bits per heavy atom. The molecule has 0 bridgehead atoms. The van der Waals surface area contributed by atoms with Gasteiger partial charge in [-0.25, -0.2) is 9.69 Å². The summed E-state index contributed by atoms with van der Waals surface area (Å²) >= 11 is 6.07. The molecule has 4 aromatic carbocycles. The second-order valence-electron chi connectivity index (χ2n) is 6.81. The van der Waals surface area contributed by atoms with Crippen LogP contribution >= 0.6 is 11.6 Å². The average molecular weight is 401 g/mol. The number of fused-ring (bicyclic) bond motifs is 1. The van der Waals surface area contributed by atoms with Crippen molar-refractivity contribution in [3.8, 4) is 0 Å². The van der Waals surface area contributed by atoms with Gasteiger partial charge in [-0.1, -0.05) is 72.3 Å². The lowest BCUT2D eigenvalue weighted by Gasteiger charge is -2.28. The number of para-hydroxylation sites is 1. The Morgan fingerprint density at radius 2 is 1.41 bits per heavy atom. The number of rotatable bonds is 3. The zero-order chi connectivity index (χ0) is 19.8. The van der Waals surface area contributed by atoms with Crippen LogP contribution in [0.15, 0.2) is 97.1 Å². The summed E-state index contributed by atoms with van der Waals surface area (Å²) in [5, 5.41) is 4.45. The van der Waals surface area contributed by atoms with Crippen molar-refractivity contribution in [1.82, 2.24) is 0 Å². The number of nitrogens with zero attached hydrogens (tertiary/aromatic N) is 2. The molecular weight excluding hydrogens is 384 g/mol. The molecule has 0 unspecified atom stereocenters. The van der Waals surface area contributed by atoms with Gasteiger partial charge in [0.1, 0.15) is 0 Å². The molecule has 0 N–H and O–H groups in total. The number of hydrogen-bond acceptors (Lipinski definition) is 3. The lowest BCUT2D eigenvalue weighted by Crippen LogP contribution is -2.31. The van der Waals surface area contributed by atoms with Crippen LogP contribution in [0, 0.1) is 0 Å². The quantitative estimate of drug-likeness (QED) is 0.390. The number of anilines is 2. The van der Waals surface area contributed by atoms with E-state index < -0.39 is 12.3 Å². The molecule has 1 aliphatic heterocycles. The smallest absolute Gasteiger partial charge is 0.319 e. The van der Waals surface area contributed by atoms with E-state index in [4.69, 9.17) is 16.4 Å². The van der Waals surface area contributed by atoms with Crippen LogP contribution in [-0.4, -0.2) is 6.09 Å². The van der Waals surface area contributed by atoms with E-state index in [1.165, 1.54) is 0 Å². The zero-order valence-corrected chi connectivity index (χ0v) is 16.2. The van der Waals surface area contributed by atoms with E-state index in [2.05, 4.69) is 18.2 Å². The van der Waals surface area contributed by atoms with Gasteiger partial charge in [0, 0.05) is 16.3 Å². The lowest BCUT2D eigenvalue weighted by atomic mass is 10.0. The Bertz CT molecular complexity index is 1170. The minimum absolute atomic E-state index is 0.436. The van der Waals surface area contributed by atoms with E-state index >= 15 is 0 Å².